The Hall–Kier alpha value is -0.120. The van der Waals surface area contributed by atoms with Gasteiger partial charge in [0.15, 0.2) is 0 Å². The van der Waals surface area contributed by atoms with Gasteiger partial charge in [-0.15, -0.1) is 0 Å². The second-order valence-electron chi connectivity index (χ2n) is 4.45. The molecular weight excluding hydrogens is 202 g/mol. The number of rotatable bonds is 11. The van der Waals surface area contributed by atoms with Crippen LogP contribution < -0.4 is 4.90 Å². The van der Waals surface area contributed by atoms with Crippen LogP contribution in [0.3, 0.4) is 0 Å². The van der Waals surface area contributed by atoms with Crippen LogP contribution in [-0.2, 0) is 4.74 Å². The van der Waals surface area contributed by atoms with Gasteiger partial charge in [-0.05, 0) is 20.3 Å². The third-order valence-corrected chi connectivity index (χ3v) is 2.98. The first-order chi connectivity index (χ1) is 7.74. The Kier molecular flexibility index (Phi) is 11.3. The Labute approximate surface area is 101 Å². The van der Waals surface area contributed by atoms with E-state index in [1.165, 1.54) is 24.2 Å². The fourth-order valence-corrected chi connectivity index (χ4v) is 1.78. The predicted molar refractivity (Wildman–Crippen MR) is 67.9 cm³/mol. The Morgan fingerprint density at radius 1 is 1.06 bits per heavy atom. The van der Waals surface area contributed by atoms with Crippen LogP contribution >= 0.6 is 0 Å². The molecule has 3 heteroatoms. The van der Waals surface area contributed by atoms with Crippen molar-refractivity contribution in [3.63, 3.8) is 0 Å². The van der Waals surface area contributed by atoms with Crippen molar-refractivity contribution in [2.45, 2.75) is 52.6 Å². The fourth-order valence-electron chi connectivity index (χ4n) is 1.78. The molecule has 16 heavy (non-hydrogen) atoms. The van der Waals surface area contributed by atoms with E-state index in [4.69, 9.17) is 4.74 Å². The first kappa shape index (κ1) is 15.9. The van der Waals surface area contributed by atoms with Gasteiger partial charge in [-0.3, -0.25) is 0 Å². The fraction of sp³-hybridized carbons (Fsp3) is 1.00. The average molecular weight is 232 g/mol. The molecule has 1 atom stereocenters. The molecule has 0 spiro atoms. The number of ether oxygens (including phenoxy) is 1. The van der Waals surface area contributed by atoms with Gasteiger partial charge in [-0.25, -0.2) is 0 Å². The van der Waals surface area contributed by atoms with Crippen LogP contribution in [0.2, 0.25) is 0 Å². The van der Waals surface area contributed by atoms with E-state index in [1.54, 1.807) is 0 Å². The van der Waals surface area contributed by atoms with E-state index < -0.39 is 0 Å². The molecule has 3 nitrogen and oxygen atoms in total. The standard InChI is InChI=1S/C13H29NO2/c1-4-7-8-9-10-16-12-13(15)11-14(5-2)6-3/h13,15H,4-12H2,1-3H3/p+1/t13-/m1/s1. The van der Waals surface area contributed by atoms with Crippen LogP contribution in [0.5, 0.6) is 0 Å². The van der Waals surface area contributed by atoms with Gasteiger partial charge in [0.1, 0.15) is 12.6 Å². The largest absolute Gasteiger partial charge is 0.385 e. The third-order valence-electron chi connectivity index (χ3n) is 2.98. The van der Waals surface area contributed by atoms with Crippen LogP contribution in [0, 0.1) is 0 Å². The number of unbranched alkanes of at least 4 members (excludes halogenated alkanes) is 3. The zero-order valence-electron chi connectivity index (χ0n) is 11.3. The number of aliphatic hydroxyl groups excluding tert-OH is 1. The maximum Gasteiger partial charge on any atom is 0.126 e. The molecule has 0 aliphatic rings. The van der Waals surface area contributed by atoms with E-state index in [0.29, 0.717) is 6.61 Å². The van der Waals surface area contributed by atoms with Gasteiger partial charge >= 0.3 is 0 Å². The van der Waals surface area contributed by atoms with Gasteiger partial charge in [-0.1, -0.05) is 26.2 Å². The molecule has 0 heterocycles. The molecule has 0 aromatic carbocycles. The highest BCUT2D eigenvalue weighted by molar-refractivity contribution is 4.50. The highest BCUT2D eigenvalue weighted by atomic mass is 16.5. The summed E-state index contributed by atoms with van der Waals surface area (Å²) in [5.74, 6) is 0. The molecule has 0 saturated heterocycles. The first-order valence-corrected chi connectivity index (χ1v) is 6.83. The summed E-state index contributed by atoms with van der Waals surface area (Å²) in [6.07, 6.45) is 4.61. The second kappa shape index (κ2) is 11.4. The van der Waals surface area contributed by atoms with Crippen molar-refractivity contribution in [1.82, 2.24) is 0 Å². The van der Waals surface area contributed by atoms with Crippen molar-refractivity contribution in [3.05, 3.63) is 0 Å². The van der Waals surface area contributed by atoms with Crippen LogP contribution in [0.1, 0.15) is 46.5 Å². The minimum atomic E-state index is -0.305. The molecule has 0 fully saturated rings. The number of nitrogens with one attached hydrogen (secondary N) is 1. The molecule has 0 amide bonds. The van der Waals surface area contributed by atoms with Gasteiger partial charge in [0.25, 0.3) is 0 Å². The summed E-state index contributed by atoms with van der Waals surface area (Å²) in [5, 5.41) is 9.74. The average Bonchev–Trinajstić information content (AvgIpc) is 2.30. The minimum Gasteiger partial charge on any atom is -0.385 e. The van der Waals surface area contributed by atoms with Crippen molar-refractivity contribution < 1.29 is 14.7 Å². The molecule has 0 aliphatic carbocycles. The monoisotopic (exact) mass is 232 g/mol. The molecule has 0 aromatic rings. The summed E-state index contributed by atoms with van der Waals surface area (Å²) >= 11 is 0. The van der Waals surface area contributed by atoms with E-state index in [9.17, 15) is 5.11 Å². The molecule has 0 rings (SSSR count). The summed E-state index contributed by atoms with van der Waals surface area (Å²) in [6.45, 7) is 10.8. The summed E-state index contributed by atoms with van der Waals surface area (Å²) in [5.41, 5.74) is 0. The molecule has 98 valence electrons. The predicted octanol–water partition coefficient (Wildman–Crippen LogP) is 0.869. The van der Waals surface area contributed by atoms with E-state index in [2.05, 4.69) is 20.8 Å². The van der Waals surface area contributed by atoms with Gasteiger partial charge < -0.3 is 14.7 Å². The van der Waals surface area contributed by atoms with Crippen molar-refractivity contribution in [2.75, 3.05) is 32.8 Å². The van der Waals surface area contributed by atoms with E-state index in [1.807, 2.05) is 0 Å². The van der Waals surface area contributed by atoms with E-state index in [0.717, 1.165) is 32.7 Å². The normalized spacial score (nSPS) is 13.3. The molecule has 0 aliphatic heterocycles. The summed E-state index contributed by atoms with van der Waals surface area (Å²) in [7, 11) is 0. The summed E-state index contributed by atoms with van der Waals surface area (Å²) in [6, 6.07) is 0. The number of hydrogen-bond acceptors (Lipinski definition) is 2. The lowest BCUT2D eigenvalue weighted by Crippen LogP contribution is -3.12. The lowest BCUT2D eigenvalue weighted by atomic mass is 10.2. The third kappa shape index (κ3) is 9.13. The van der Waals surface area contributed by atoms with Gasteiger partial charge in [0, 0.05) is 6.61 Å². The van der Waals surface area contributed by atoms with Gasteiger partial charge in [0.05, 0.1) is 19.7 Å². The molecule has 2 N–H and O–H groups in total. The Balaban J connectivity index is 3.32. The number of likely N-dealkylation sites (N-methyl/N-ethyl adjacent to an activating group) is 1. The van der Waals surface area contributed by atoms with Crippen molar-refractivity contribution in [2.24, 2.45) is 0 Å². The quantitative estimate of drug-likeness (QED) is 0.518. The van der Waals surface area contributed by atoms with Crippen molar-refractivity contribution in [3.8, 4) is 0 Å². The Bertz CT molecular complexity index is 138. The van der Waals surface area contributed by atoms with Crippen molar-refractivity contribution >= 4 is 0 Å². The van der Waals surface area contributed by atoms with E-state index in [-0.39, 0.29) is 6.10 Å². The molecule has 0 saturated carbocycles. The molecule has 0 unspecified atom stereocenters. The Morgan fingerprint density at radius 3 is 2.31 bits per heavy atom. The SMILES string of the molecule is CCCCCCOC[C@H](O)C[NH+](CC)CC. The number of aliphatic hydroxyl groups is 1. The first-order valence-electron chi connectivity index (χ1n) is 6.83. The van der Waals surface area contributed by atoms with Gasteiger partial charge in [0.2, 0.25) is 0 Å². The topological polar surface area (TPSA) is 33.9 Å². The number of hydrogen-bond donors (Lipinski definition) is 2. The summed E-state index contributed by atoms with van der Waals surface area (Å²) in [4.78, 5) is 1.43. The van der Waals surface area contributed by atoms with Crippen molar-refractivity contribution in [1.29, 1.82) is 0 Å². The maximum absolute atomic E-state index is 9.74. The minimum absolute atomic E-state index is 0.305. The lowest BCUT2D eigenvalue weighted by Gasteiger charge is -2.19. The zero-order valence-corrected chi connectivity index (χ0v) is 11.3. The Morgan fingerprint density at radius 2 is 1.75 bits per heavy atom. The highest BCUT2D eigenvalue weighted by Crippen LogP contribution is 1.98. The molecule has 0 bridgehead atoms. The lowest BCUT2D eigenvalue weighted by molar-refractivity contribution is -0.899. The second-order valence-corrected chi connectivity index (χ2v) is 4.45. The highest BCUT2D eigenvalue weighted by Gasteiger charge is 2.11. The van der Waals surface area contributed by atoms with Crippen LogP contribution in [0.25, 0.3) is 0 Å². The van der Waals surface area contributed by atoms with Gasteiger partial charge in [-0.2, -0.15) is 0 Å². The molecular formula is C13H30NO2+. The molecule has 0 aromatic heterocycles. The molecule has 0 radical (unpaired) electrons. The summed E-state index contributed by atoms with van der Waals surface area (Å²) < 4.78 is 5.47. The van der Waals surface area contributed by atoms with E-state index >= 15 is 0 Å². The maximum atomic E-state index is 9.74. The smallest absolute Gasteiger partial charge is 0.126 e. The van der Waals surface area contributed by atoms with Crippen LogP contribution in [0.4, 0.5) is 0 Å². The zero-order chi connectivity index (χ0) is 12.2. The van der Waals surface area contributed by atoms with Crippen LogP contribution in [-0.4, -0.2) is 44.1 Å². The van der Waals surface area contributed by atoms with Crippen LogP contribution in [0.15, 0.2) is 0 Å². The number of quaternary nitrogens is 1.